The van der Waals surface area contributed by atoms with Crippen LogP contribution in [0.1, 0.15) is 15.9 Å². The highest BCUT2D eigenvalue weighted by atomic mass is 35.5. The standard InChI is InChI=1S/C18H14Cl2O5/c1-24-17-8-11(2-6-15(17)21)3-7-18(23)25-10-16(22)13-5-4-12(19)9-14(13)20/h2-9,21H,10H2,1H3. The van der Waals surface area contributed by atoms with Crippen LogP contribution in [0.25, 0.3) is 6.08 Å². The van der Waals surface area contributed by atoms with Gasteiger partial charge in [-0.3, -0.25) is 4.79 Å². The molecule has 0 unspecified atom stereocenters. The number of ketones is 1. The van der Waals surface area contributed by atoms with Crippen LogP contribution >= 0.6 is 23.2 Å². The first-order valence-electron chi connectivity index (χ1n) is 7.11. The van der Waals surface area contributed by atoms with Crippen molar-refractivity contribution < 1.29 is 24.2 Å². The first kappa shape index (κ1) is 18.8. The van der Waals surface area contributed by atoms with Crippen molar-refractivity contribution in [2.24, 2.45) is 0 Å². The van der Waals surface area contributed by atoms with Gasteiger partial charge in [-0.15, -0.1) is 0 Å². The molecule has 0 aliphatic heterocycles. The predicted molar refractivity (Wildman–Crippen MR) is 95.4 cm³/mol. The van der Waals surface area contributed by atoms with Crippen LogP contribution in [0.15, 0.2) is 42.5 Å². The molecule has 0 saturated carbocycles. The van der Waals surface area contributed by atoms with Crippen molar-refractivity contribution in [3.63, 3.8) is 0 Å². The second-order valence-electron chi connectivity index (χ2n) is 4.92. The van der Waals surface area contributed by atoms with Crippen LogP contribution in [-0.2, 0) is 9.53 Å². The van der Waals surface area contributed by atoms with Crippen LogP contribution in [-0.4, -0.2) is 30.6 Å². The van der Waals surface area contributed by atoms with Gasteiger partial charge in [-0.25, -0.2) is 4.79 Å². The van der Waals surface area contributed by atoms with E-state index < -0.39 is 18.4 Å². The van der Waals surface area contributed by atoms with Crippen molar-refractivity contribution in [1.29, 1.82) is 0 Å². The number of hydrogen-bond acceptors (Lipinski definition) is 5. The Labute approximate surface area is 154 Å². The van der Waals surface area contributed by atoms with Gasteiger partial charge in [0, 0.05) is 16.7 Å². The summed E-state index contributed by atoms with van der Waals surface area (Å²) in [4.78, 5) is 23.7. The van der Waals surface area contributed by atoms with Crippen LogP contribution in [0.5, 0.6) is 11.5 Å². The first-order chi connectivity index (χ1) is 11.9. The van der Waals surface area contributed by atoms with Crippen LogP contribution < -0.4 is 4.74 Å². The molecule has 0 aliphatic carbocycles. The molecule has 0 bridgehead atoms. The lowest BCUT2D eigenvalue weighted by Crippen LogP contribution is -2.13. The first-order valence-corrected chi connectivity index (χ1v) is 7.86. The Kier molecular flexibility index (Phi) is 6.44. The highest BCUT2D eigenvalue weighted by molar-refractivity contribution is 6.36. The number of phenols is 1. The lowest BCUT2D eigenvalue weighted by atomic mass is 10.1. The minimum atomic E-state index is -0.689. The fourth-order valence-corrected chi connectivity index (χ4v) is 2.45. The lowest BCUT2D eigenvalue weighted by molar-refractivity contribution is -0.136. The number of benzene rings is 2. The molecule has 0 heterocycles. The molecule has 1 N–H and O–H groups in total. The molecule has 0 fully saturated rings. The minimum Gasteiger partial charge on any atom is -0.504 e. The molecule has 0 aromatic heterocycles. The summed E-state index contributed by atoms with van der Waals surface area (Å²) in [6, 6.07) is 9.03. The van der Waals surface area contributed by atoms with E-state index in [4.69, 9.17) is 32.7 Å². The third kappa shape index (κ3) is 5.24. The number of methoxy groups -OCH3 is 1. The van der Waals surface area contributed by atoms with Crippen molar-refractivity contribution in [2.45, 2.75) is 0 Å². The minimum absolute atomic E-state index is 0.00679. The molecule has 0 aliphatic rings. The van der Waals surface area contributed by atoms with E-state index in [0.717, 1.165) is 0 Å². The Hall–Kier alpha value is -2.50. The molecular formula is C18H14Cl2O5. The molecule has 0 amide bonds. The predicted octanol–water partition coefficient (Wildman–Crippen LogP) is 4.15. The third-order valence-electron chi connectivity index (χ3n) is 3.19. The van der Waals surface area contributed by atoms with E-state index in [1.807, 2.05) is 0 Å². The molecule has 5 nitrogen and oxygen atoms in total. The number of carbonyl (C=O) groups excluding carboxylic acids is 2. The van der Waals surface area contributed by atoms with Gasteiger partial charge in [0.2, 0.25) is 5.78 Å². The van der Waals surface area contributed by atoms with Crippen molar-refractivity contribution in [2.75, 3.05) is 13.7 Å². The smallest absolute Gasteiger partial charge is 0.331 e. The SMILES string of the molecule is COc1cc(C=CC(=O)OCC(=O)c2ccc(Cl)cc2Cl)ccc1O. The van der Waals surface area contributed by atoms with Crippen LogP contribution in [0, 0.1) is 0 Å². The molecule has 2 rings (SSSR count). The third-order valence-corrected chi connectivity index (χ3v) is 3.74. The number of carbonyl (C=O) groups is 2. The molecule has 0 atom stereocenters. The number of halogens is 2. The number of phenolic OH excluding ortho intramolecular Hbond substituents is 1. The molecule has 7 heteroatoms. The Morgan fingerprint density at radius 2 is 1.92 bits per heavy atom. The zero-order chi connectivity index (χ0) is 18.4. The van der Waals surface area contributed by atoms with Gasteiger partial charge in [0.25, 0.3) is 0 Å². The number of rotatable bonds is 6. The van der Waals surface area contributed by atoms with Crippen molar-refractivity contribution in [3.8, 4) is 11.5 Å². The van der Waals surface area contributed by atoms with Crippen molar-refractivity contribution in [3.05, 3.63) is 63.6 Å². The summed E-state index contributed by atoms with van der Waals surface area (Å²) < 4.78 is 9.87. The number of ether oxygens (including phenoxy) is 2. The molecule has 2 aromatic carbocycles. The number of aromatic hydroxyl groups is 1. The highest BCUT2D eigenvalue weighted by Crippen LogP contribution is 2.26. The molecule has 0 saturated heterocycles. The maximum Gasteiger partial charge on any atom is 0.331 e. The summed E-state index contributed by atoms with van der Waals surface area (Å²) in [5, 5.41) is 10.1. The lowest BCUT2D eigenvalue weighted by Gasteiger charge is -2.05. The number of esters is 1. The maximum atomic E-state index is 12.0. The zero-order valence-electron chi connectivity index (χ0n) is 13.2. The summed E-state index contributed by atoms with van der Waals surface area (Å²) in [5.74, 6) is -0.851. The average Bonchev–Trinajstić information content (AvgIpc) is 2.59. The molecule has 0 radical (unpaired) electrons. The summed E-state index contributed by atoms with van der Waals surface area (Å²) in [6.07, 6.45) is 2.65. The summed E-state index contributed by atoms with van der Waals surface area (Å²) in [5.41, 5.74) is 0.852. The van der Waals surface area contributed by atoms with E-state index in [-0.39, 0.29) is 22.1 Å². The van der Waals surface area contributed by atoms with Gasteiger partial charge < -0.3 is 14.6 Å². The summed E-state index contributed by atoms with van der Waals surface area (Å²) in [7, 11) is 1.42. The Morgan fingerprint density at radius 1 is 1.16 bits per heavy atom. The monoisotopic (exact) mass is 380 g/mol. The van der Waals surface area contributed by atoms with Gasteiger partial charge in [-0.2, -0.15) is 0 Å². The zero-order valence-corrected chi connectivity index (χ0v) is 14.7. The Bertz CT molecular complexity index is 830. The quantitative estimate of drug-likeness (QED) is 0.463. The number of hydrogen-bond donors (Lipinski definition) is 1. The highest BCUT2D eigenvalue weighted by Gasteiger charge is 2.12. The Balaban J connectivity index is 1.95. The normalized spacial score (nSPS) is 10.7. The maximum absolute atomic E-state index is 12.0. The summed E-state index contributed by atoms with van der Waals surface area (Å²) >= 11 is 11.7. The molecule has 2 aromatic rings. The van der Waals surface area contributed by atoms with Gasteiger partial charge in [-0.05, 0) is 42.0 Å². The largest absolute Gasteiger partial charge is 0.504 e. The van der Waals surface area contributed by atoms with E-state index in [1.165, 1.54) is 43.5 Å². The van der Waals surface area contributed by atoms with Gasteiger partial charge in [0.05, 0.1) is 12.1 Å². The average molecular weight is 381 g/mol. The van der Waals surface area contributed by atoms with Crippen molar-refractivity contribution >= 4 is 41.0 Å². The van der Waals surface area contributed by atoms with Gasteiger partial charge in [0.15, 0.2) is 18.1 Å². The van der Waals surface area contributed by atoms with Gasteiger partial charge in [-0.1, -0.05) is 29.3 Å². The van der Waals surface area contributed by atoms with E-state index in [2.05, 4.69) is 0 Å². The van der Waals surface area contributed by atoms with Crippen molar-refractivity contribution in [1.82, 2.24) is 0 Å². The molecule has 0 spiro atoms. The van der Waals surface area contributed by atoms with E-state index >= 15 is 0 Å². The van der Waals surface area contributed by atoms with Gasteiger partial charge >= 0.3 is 5.97 Å². The second kappa shape index (κ2) is 8.55. The van der Waals surface area contributed by atoms with Crippen LogP contribution in [0.4, 0.5) is 0 Å². The van der Waals surface area contributed by atoms with E-state index in [9.17, 15) is 14.7 Å². The second-order valence-corrected chi connectivity index (χ2v) is 5.76. The van der Waals surface area contributed by atoms with E-state index in [0.29, 0.717) is 10.6 Å². The van der Waals surface area contributed by atoms with Crippen LogP contribution in [0.2, 0.25) is 10.0 Å². The fraction of sp³-hybridized carbons (Fsp3) is 0.111. The molecule has 130 valence electrons. The van der Waals surface area contributed by atoms with Gasteiger partial charge in [0.1, 0.15) is 0 Å². The molecule has 25 heavy (non-hydrogen) atoms. The summed E-state index contributed by atoms with van der Waals surface area (Å²) in [6.45, 7) is -0.441. The topological polar surface area (TPSA) is 72.8 Å². The Morgan fingerprint density at radius 3 is 2.60 bits per heavy atom. The van der Waals surface area contributed by atoms with E-state index in [1.54, 1.807) is 12.1 Å². The molecular weight excluding hydrogens is 367 g/mol. The fourth-order valence-electron chi connectivity index (χ4n) is 1.94. The number of Topliss-reactive ketones (excluding diaryl/α,β-unsaturated/α-hetero) is 1. The van der Waals surface area contributed by atoms with Crippen LogP contribution in [0.3, 0.4) is 0 Å².